The molecule has 1 fully saturated rings. The van der Waals surface area contributed by atoms with Crippen LogP contribution in [0.4, 0.5) is 5.69 Å². The highest BCUT2D eigenvalue weighted by atomic mass is 16.5. The Bertz CT molecular complexity index is 931. The lowest BCUT2D eigenvalue weighted by Crippen LogP contribution is -2.25. The van der Waals surface area contributed by atoms with Crippen molar-refractivity contribution in [3.8, 4) is 11.8 Å². The first-order chi connectivity index (χ1) is 15.0. The van der Waals surface area contributed by atoms with E-state index in [2.05, 4.69) is 11.0 Å². The van der Waals surface area contributed by atoms with Gasteiger partial charge >= 0.3 is 11.9 Å². The van der Waals surface area contributed by atoms with Crippen LogP contribution in [-0.4, -0.2) is 52.1 Å². The number of nitriles is 1. The molecule has 0 spiro atoms. The summed E-state index contributed by atoms with van der Waals surface area (Å²) in [4.78, 5) is 25.4. The van der Waals surface area contributed by atoms with Crippen molar-refractivity contribution in [1.82, 2.24) is 0 Å². The average Bonchev–Trinajstić information content (AvgIpc) is 3.26. The predicted octanol–water partition coefficient (Wildman–Crippen LogP) is 2.23. The maximum Gasteiger partial charge on any atom is 0.309 e. The maximum atomic E-state index is 11.7. The van der Waals surface area contributed by atoms with Crippen LogP contribution in [0.5, 0.6) is 5.75 Å². The number of anilines is 1. The Labute approximate surface area is 180 Å². The van der Waals surface area contributed by atoms with E-state index in [9.17, 15) is 9.59 Å². The van der Waals surface area contributed by atoms with Crippen LogP contribution < -0.4 is 9.64 Å². The van der Waals surface area contributed by atoms with Crippen molar-refractivity contribution >= 4 is 17.6 Å². The Morgan fingerprint density at radius 1 is 1.06 bits per heavy atom. The molecule has 1 aliphatic rings. The number of esters is 2. The van der Waals surface area contributed by atoms with Gasteiger partial charge in [0.15, 0.2) is 0 Å². The van der Waals surface area contributed by atoms with Crippen LogP contribution in [-0.2, 0) is 36.6 Å². The van der Waals surface area contributed by atoms with Crippen molar-refractivity contribution in [2.75, 3.05) is 39.0 Å². The van der Waals surface area contributed by atoms with E-state index in [1.165, 1.54) is 14.2 Å². The molecule has 31 heavy (non-hydrogen) atoms. The summed E-state index contributed by atoms with van der Waals surface area (Å²) in [5.41, 5.74) is 2.96. The van der Waals surface area contributed by atoms with Crippen molar-refractivity contribution in [2.24, 2.45) is 0 Å². The first kappa shape index (κ1) is 22.1. The lowest BCUT2D eigenvalue weighted by molar-refractivity contribution is -0.140. The number of methoxy groups -OCH3 is 2. The third-order valence-corrected chi connectivity index (χ3v) is 4.87. The van der Waals surface area contributed by atoms with Crippen LogP contribution in [0.15, 0.2) is 42.5 Å². The summed E-state index contributed by atoms with van der Waals surface area (Å²) in [5, 5.41) is 8.92. The van der Waals surface area contributed by atoms with Crippen molar-refractivity contribution in [2.45, 2.75) is 18.9 Å². The van der Waals surface area contributed by atoms with E-state index in [1.54, 1.807) is 30.3 Å². The molecule has 0 N–H and O–H groups in total. The van der Waals surface area contributed by atoms with Gasteiger partial charge < -0.3 is 23.8 Å². The van der Waals surface area contributed by atoms with Gasteiger partial charge in [0, 0.05) is 12.2 Å². The smallest absolute Gasteiger partial charge is 0.309 e. The molecule has 0 aliphatic carbocycles. The molecule has 0 saturated carbocycles. The number of nitrogens with zero attached hydrogens (tertiary/aromatic N) is 2. The summed E-state index contributed by atoms with van der Waals surface area (Å²) in [6, 6.07) is 14.7. The monoisotopic (exact) mass is 424 g/mol. The number of rotatable bonds is 8. The molecule has 2 aromatic carbocycles. The number of carbonyl (C=O) groups is 2. The van der Waals surface area contributed by atoms with Crippen LogP contribution in [0.25, 0.3) is 0 Å². The van der Waals surface area contributed by atoms with E-state index in [0.29, 0.717) is 42.3 Å². The molecule has 8 heteroatoms. The first-order valence-corrected chi connectivity index (χ1v) is 9.76. The van der Waals surface area contributed by atoms with Gasteiger partial charge in [0.1, 0.15) is 25.2 Å². The highest BCUT2D eigenvalue weighted by molar-refractivity contribution is 5.74. The molecule has 0 radical (unpaired) electrons. The van der Waals surface area contributed by atoms with Gasteiger partial charge in [0.2, 0.25) is 0 Å². The Morgan fingerprint density at radius 2 is 1.68 bits per heavy atom. The van der Waals surface area contributed by atoms with E-state index in [1.807, 2.05) is 12.1 Å². The summed E-state index contributed by atoms with van der Waals surface area (Å²) in [5.74, 6) is -0.211. The zero-order valence-electron chi connectivity index (χ0n) is 17.5. The topological polar surface area (TPSA) is 98.1 Å². The highest BCUT2D eigenvalue weighted by Crippen LogP contribution is 2.23. The van der Waals surface area contributed by atoms with Gasteiger partial charge in [-0.15, -0.1) is 0 Å². The van der Waals surface area contributed by atoms with Gasteiger partial charge in [-0.05, 0) is 47.5 Å². The molecule has 0 bridgehead atoms. The lowest BCUT2D eigenvalue weighted by Gasteiger charge is -2.16. The van der Waals surface area contributed by atoms with E-state index in [0.717, 1.165) is 5.69 Å². The molecule has 3 rings (SSSR count). The minimum atomic E-state index is -0.377. The van der Waals surface area contributed by atoms with Gasteiger partial charge in [-0.25, -0.2) is 0 Å². The third-order valence-electron chi connectivity index (χ3n) is 4.87. The number of ether oxygens (including phenoxy) is 4. The van der Waals surface area contributed by atoms with Crippen LogP contribution in [0.2, 0.25) is 0 Å². The number of benzene rings is 2. The molecule has 0 amide bonds. The second-order valence-electron chi connectivity index (χ2n) is 7.10. The quantitative estimate of drug-likeness (QED) is 0.595. The van der Waals surface area contributed by atoms with E-state index >= 15 is 0 Å². The molecule has 8 nitrogen and oxygen atoms in total. The standard InChI is InChI=1S/C23H24N2O6/c1-28-22(26)10-17-7-18(11-23(27)29-2)9-20(8-17)30-14-21-13-25(15-31-21)19-5-3-16(12-24)4-6-19/h3-9,21H,10-11,13-15H2,1-2H3. The number of hydrogen-bond acceptors (Lipinski definition) is 8. The Hall–Kier alpha value is -3.57. The zero-order chi connectivity index (χ0) is 22.2. The van der Waals surface area contributed by atoms with E-state index in [-0.39, 0.29) is 30.9 Å². The van der Waals surface area contributed by atoms with Crippen molar-refractivity contribution in [1.29, 1.82) is 5.26 Å². The van der Waals surface area contributed by atoms with Gasteiger partial charge in [-0.2, -0.15) is 5.26 Å². The molecule has 1 aliphatic heterocycles. The van der Waals surface area contributed by atoms with Gasteiger partial charge in [0.05, 0.1) is 38.7 Å². The predicted molar refractivity (Wildman–Crippen MR) is 112 cm³/mol. The van der Waals surface area contributed by atoms with Crippen LogP contribution in [0.3, 0.4) is 0 Å². The molecule has 1 unspecified atom stereocenters. The summed E-state index contributed by atoms with van der Waals surface area (Å²) < 4.78 is 21.2. The molecule has 2 aromatic rings. The maximum absolute atomic E-state index is 11.7. The normalized spacial score (nSPS) is 15.3. The number of carbonyl (C=O) groups excluding carboxylic acids is 2. The fraction of sp³-hybridized carbons (Fsp3) is 0.348. The number of hydrogen-bond donors (Lipinski definition) is 0. The van der Waals surface area contributed by atoms with Crippen molar-refractivity contribution < 1.29 is 28.5 Å². The Morgan fingerprint density at radius 3 is 2.23 bits per heavy atom. The minimum Gasteiger partial charge on any atom is -0.491 e. The molecule has 1 heterocycles. The average molecular weight is 424 g/mol. The van der Waals surface area contributed by atoms with Crippen LogP contribution in [0, 0.1) is 11.3 Å². The van der Waals surface area contributed by atoms with E-state index in [4.69, 9.17) is 24.2 Å². The molecular formula is C23H24N2O6. The summed E-state index contributed by atoms with van der Waals surface area (Å²) in [6.45, 7) is 1.38. The molecule has 162 valence electrons. The summed E-state index contributed by atoms with van der Waals surface area (Å²) in [6.07, 6.45) is 0.00619. The largest absolute Gasteiger partial charge is 0.491 e. The lowest BCUT2D eigenvalue weighted by atomic mass is 10.1. The minimum absolute atomic E-state index is 0.0777. The van der Waals surface area contributed by atoms with Crippen LogP contribution in [0.1, 0.15) is 16.7 Å². The second-order valence-corrected chi connectivity index (χ2v) is 7.10. The van der Waals surface area contributed by atoms with Crippen LogP contribution >= 0.6 is 0 Å². The highest BCUT2D eigenvalue weighted by Gasteiger charge is 2.24. The SMILES string of the molecule is COC(=O)Cc1cc(CC(=O)OC)cc(OCC2CN(c3ccc(C#N)cc3)CO2)c1. The fourth-order valence-corrected chi connectivity index (χ4v) is 3.26. The third kappa shape index (κ3) is 6.20. The van der Waals surface area contributed by atoms with Gasteiger partial charge in [-0.3, -0.25) is 9.59 Å². The van der Waals surface area contributed by atoms with Crippen molar-refractivity contribution in [3.63, 3.8) is 0 Å². The summed E-state index contributed by atoms with van der Waals surface area (Å²) >= 11 is 0. The molecule has 0 aromatic heterocycles. The molecule has 1 atom stereocenters. The first-order valence-electron chi connectivity index (χ1n) is 9.76. The Kier molecular flexibility index (Phi) is 7.46. The van der Waals surface area contributed by atoms with Gasteiger partial charge in [-0.1, -0.05) is 6.07 Å². The van der Waals surface area contributed by atoms with Crippen molar-refractivity contribution in [3.05, 3.63) is 59.2 Å². The summed E-state index contributed by atoms with van der Waals surface area (Å²) in [7, 11) is 2.66. The van der Waals surface area contributed by atoms with Gasteiger partial charge in [0.25, 0.3) is 0 Å². The van der Waals surface area contributed by atoms with E-state index < -0.39 is 0 Å². The molecule has 1 saturated heterocycles. The zero-order valence-corrected chi connectivity index (χ0v) is 17.5. The molecular weight excluding hydrogens is 400 g/mol. The second kappa shape index (κ2) is 10.5. The Balaban J connectivity index is 1.63. The fourth-order valence-electron chi connectivity index (χ4n) is 3.26.